The molecule has 0 atom stereocenters. The molecule has 0 aromatic heterocycles. The zero-order valence-electron chi connectivity index (χ0n) is 12.1. The molecule has 2 aromatic rings. The molecule has 0 aliphatic heterocycles. The Labute approximate surface area is 161 Å². The number of phenols is 1. The van der Waals surface area contributed by atoms with Crippen LogP contribution in [0.4, 0.5) is 5.69 Å². The van der Waals surface area contributed by atoms with Crippen LogP contribution in [0, 0.1) is 25.4 Å². The number of nitrogens with zero attached hydrogens (tertiary/aromatic N) is 1. The second kappa shape index (κ2) is 7.79. The number of nitrogens with one attached hydrogen (secondary N) is 1. The fourth-order valence-electron chi connectivity index (χ4n) is 1.92. The number of hydrogen-bond donors (Lipinski definition) is 2. The normalized spacial score (nSPS) is 11.0. The first-order valence-electron chi connectivity index (χ1n) is 6.58. The van der Waals surface area contributed by atoms with Crippen molar-refractivity contribution in [3.8, 4) is 11.8 Å². The molecule has 2 N–H and O–H groups in total. The number of rotatable bonds is 3. The third-order valence-electron chi connectivity index (χ3n) is 3.00. The lowest BCUT2D eigenvalue weighted by molar-refractivity contribution is -0.112. The van der Waals surface area contributed by atoms with E-state index in [1.165, 1.54) is 6.08 Å². The van der Waals surface area contributed by atoms with E-state index in [1.54, 1.807) is 12.1 Å². The first-order chi connectivity index (χ1) is 10.9. The largest absolute Gasteiger partial charge is 0.506 e. The molecule has 0 unspecified atom stereocenters. The van der Waals surface area contributed by atoms with E-state index in [4.69, 9.17) is 0 Å². The van der Waals surface area contributed by atoms with Gasteiger partial charge in [-0.2, -0.15) is 5.26 Å². The number of benzene rings is 2. The predicted molar refractivity (Wildman–Crippen MR) is 107 cm³/mol. The van der Waals surface area contributed by atoms with E-state index in [1.807, 2.05) is 59.8 Å². The number of nitriles is 1. The predicted octanol–water partition coefficient (Wildman–Crippen LogP) is 4.46. The molecule has 116 valence electrons. The van der Waals surface area contributed by atoms with Crippen LogP contribution >= 0.6 is 45.2 Å². The standard InChI is InChI=1S/C17H12I2N2O2/c1-10-3-2-4-14(5-10)21-17(23)12(9-20)6-11-7-13(18)8-15(19)16(11)22/h2-8,22H,1H3,(H,21,23)/b12-6-. The molecule has 2 aromatic carbocycles. The van der Waals surface area contributed by atoms with Crippen molar-refractivity contribution in [3.63, 3.8) is 0 Å². The van der Waals surface area contributed by atoms with E-state index in [0.717, 1.165) is 9.13 Å². The van der Waals surface area contributed by atoms with Crippen LogP contribution in [0.15, 0.2) is 42.0 Å². The molecule has 0 aliphatic carbocycles. The van der Waals surface area contributed by atoms with Gasteiger partial charge < -0.3 is 10.4 Å². The van der Waals surface area contributed by atoms with Crippen LogP contribution in [0.2, 0.25) is 0 Å². The molecule has 0 bridgehead atoms. The third-order valence-corrected chi connectivity index (χ3v) is 4.44. The minimum Gasteiger partial charge on any atom is -0.506 e. The topological polar surface area (TPSA) is 73.1 Å². The maximum absolute atomic E-state index is 12.3. The number of carbonyl (C=O) groups excluding carboxylic acids is 1. The van der Waals surface area contributed by atoms with Crippen LogP contribution in [0.3, 0.4) is 0 Å². The number of aromatic hydroxyl groups is 1. The first kappa shape index (κ1) is 17.7. The Bertz CT molecular complexity index is 839. The maximum atomic E-state index is 12.3. The van der Waals surface area contributed by atoms with Gasteiger partial charge in [-0.1, -0.05) is 12.1 Å². The fraction of sp³-hybridized carbons (Fsp3) is 0.0588. The summed E-state index contributed by atoms with van der Waals surface area (Å²) in [6, 6.07) is 12.7. The van der Waals surface area contributed by atoms with Gasteiger partial charge in [0.25, 0.3) is 5.91 Å². The van der Waals surface area contributed by atoms with Crippen molar-refractivity contribution in [2.75, 3.05) is 5.32 Å². The summed E-state index contributed by atoms with van der Waals surface area (Å²) in [5.41, 5.74) is 2.00. The van der Waals surface area contributed by atoms with Crippen LogP contribution in [0.5, 0.6) is 5.75 Å². The lowest BCUT2D eigenvalue weighted by Crippen LogP contribution is -2.13. The molecule has 0 saturated carbocycles. The second-order valence-corrected chi connectivity index (χ2v) is 7.23. The number of hydrogen-bond acceptors (Lipinski definition) is 3. The van der Waals surface area contributed by atoms with Gasteiger partial charge >= 0.3 is 0 Å². The monoisotopic (exact) mass is 530 g/mol. The number of anilines is 1. The number of carbonyl (C=O) groups is 1. The molecule has 0 aliphatic rings. The number of phenolic OH excluding ortho intramolecular Hbond substituents is 1. The van der Waals surface area contributed by atoms with Gasteiger partial charge in [0.15, 0.2) is 0 Å². The van der Waals surface area contributed by atoms with Crippen molar-refractivity contribution in [2.24, 2.45) is 0 Å². The Morgan fingerprint density at radius 1 is 1.30 bits per heavy atom. The summed E-state index contributed by atoms with van der Waals surface area (Å²) in [6.45, 7) is 1.92. The van der Waals surface area contributed by atoms with Crippen molar-refractivity contribution in [1.82, 2.24) is 0 Å². The molecule has 0 fully saturated rings. The molecule has 0 radical (unpaired) electrons. The quantitative estimate of drug-likeness (QED) is 0.350. The second-order valence-electron chi connectivity index (χ2n) is 4.82. The molecular formula is C17H12I2N2O2. The molecular weight excluding hydrogens is 518 g/mol. The number of halogens is 2. The van der Waals surface area contributed by atoms with E-state index >= 15 is 0 Å². The fourth-order valence-corrected chi connectivity index (χ4v) is 3.81. The smallest absolute Gasteiger partial charge is 0.266 e. The van der Waals surface area contributed by atoms with Crippen molar-refractivity contribution in [1.29, 1.82) is 5.26 Å². The highest BCUT2D eigenvalue weighted by atomic mass is 127. The van der Waals surface area contributed by atoms with E-state index in [-0.39, 0.29) is 11.3 Å². The molecule has 2 rings (SSSR count). The van der Waals surface area contributed by atoms with Gasteiger partial charge in [0.1, 0.15) is 17.4 Å². The van der Waals surface area contributed by atoms with Gasteiger partial charge in [-0.15, -0.1) is 0 Å². The maximum Gasteiger partial charge on any atom is 0.266 e. The SMILES string of the molecule is Cc1cccc(NC(=O)/C(C#N)=C\c2cc(I)cc(I)c2O)c1. The van der Waals surface area contributed by atoms with Crippen molar-refractivity contribution < 1.29 is 9.90 Å². The van der Waals surface area contributed by atoms with Crippen molar-refractivity contribution in [2.45, 2.75) is 6.92 Å². The van der Waals surface area contributed by atoms with E-state index in [0.29, 0.717) is 14.8 Å². The zero-order valence-corrected chi connectivity index (χ0v) is 16.4. The summed E-state index contributed by atoms with van der Waals surface area (Å²) in [5, 5.41) is 22.0. The minimum atomic E-state index is -0.508. The van der Waals surface area contributed by atoms with Crippen LogP contribution in [-0.2, 0) is 4.79 Å². The van der Waals surface area contributed by atoms with Gasteiger partial charge in [-0.05, 0) is 88.0 Å². The summed E-state index contributed by atoms with van der Waals surface area (Å²) in [4.78, 5) is 12.3. The average Bonchev–Trinajstić information content (AvgIpc) is 2.49. The highest BCUT2D eigenvalue weighted by molar-refractivity contribution is 14.1. The van der Waals surface area contributed by atoms with Gasteiger partial charge in [-0.25, -0.2) is 0 Å². The summed E-state index contributed by atoms with van der Waals surface area (Å²) in [7, 11) is 0. The Morgan fingerprint density at radius 2 is 2.04 bits per heavy atom. The van der Waals surface area contributed by atoms with Gasteiger partial charge in [-0.3, -0.25) is 4.79 Å². The molecule has 23 heavy (non-hydrogen) atoms. The van der Waals surface area contributed by atoms with Gasteiger partial charge in [0.05, 0.1) is 3.57 Å². The summed E-state index contributed by atoms with van der Waals surface area (Å²) in [5.74, 6) is -0.450. The lowest BCUT2D eigenvalue weighted by Gasteiger charge is -2.07. The molecule has 6 heteroatoms. The first-order valence-corrected chi connectivity index (χ1v) is 8.74. The number of amides is 1. The van der Waals surface area contributed by atoms with E-state index in [9.17, 15) is 15.2 Å². The number of aryl methyl sites for hydroxylation is 1. The summed E-state index contributed by atoms with van der Waals surface area (Å²) < 4.78 is 1.57. The molecule has 4 nitrogen and oxygen atoms in total. The third kappa shape index (κ3) is 4.68. The molecule has 0 heterocycles. The minimum absolute atomic E-state index is 0.0575. The molecule has 0 saturated heterocycles. The van der Waals surface area contributed by atoms with Crippen LogP contribution in [0.25, 0.3) is 6.08 Å². The van der Waals surface area contributed by atoms with Crippen molar-refractivity contribution in [3.05, 3.63) is 60.2 Å². The highest BCUT2D eigenvalue weighted by Gasteiger charge is 2.12. The summed E-state index contributed by atoms with van der Waals surface area (Å²) >= 11 is 4.12. The lowest BCUT2D eigenvalue weighted by atomic mass is 10.1. The van der Waals surface area contributed by atoms with E-state index < -0.39 is 5.91 Å². The van der Waals surface area contributed by atoms with Gasteiger partial charge in [0, 0.05) is 14.8 Å². The van der Waals surface area contributed by atoms with E-state index in [2.05, 4.69) is 27.9 Å². The average molecular weight is 530 g/mol. The van der Waals surface area contributed by atoms with Crippen LogP contribution in [-0.4, -0.2) is 11.0 Å². The molecule has 0 spiro atoms. The molecule has 1 amide bonds. The van der Waals surface area contributed by atoms with Crippen molar-refractivity contribution >= 4 is 62.9 Å². The van der Waals surface area contributed by atoms with Crippen LogP contribution in [0.1, 0.15) is 11.1 Å². The Kier molecular flexibility index (Phi) is 6.01. The Hall–Kier alpha value is -1.60. The Morgan fingerprint density at radius 3 is 2.70 bits per heavy atom. The summed E-state index contributed by atoms with van der Waals surface area (Å²) in [6.07, 6.45) is 1.39. The van der Waals surface area contributed by atoms with Crippen LogP contribution < -0.4 is 5.32 Å². The van der Waals surface area contributed by atoms with Gasteiger partial charge in [0.2, 0.25) is 0 Å². The zero-order chi connectivity index (χ0) is 17.0. The Balaban J connectivity index is 2.32. The highest BCUT2D eigenvalue weighted by Crippen LogP contribution is 2.28.